The fourth-order valence-corrected chi connectivity index (χ4v) is 7.01. The Morgan fingerprint density at radius 3 is 2.45 bits per heavy atom. The summed E-state index contributed by atoms with van der Waals surface area (Å²) in [6, 6.07) is 24.7. The molecule has 3 aliphatic heterocycles. The largest absolute Gasteiger partial charge is 0.469 e. The molecular weight excluding hydrogens is 478 g/mol. The van der Waals surface area contributed by atoms with Crippen molar-refractivity contribution in [2.24, 2.45) is 5.41 Å². The van der Waals surface area contributed by atoms with E-state index in [1.807, 2.05) is 79.8 Å². The predicted octanol–water partition coefficient (Wildman–Crippen LogP) is 4.73. The molecule has 7 rings (SSSR count). The molecule has 2 aromatic carbocycles. The zero-order valence-corrected chi connectivity index (χ0v) is 20.9. The van der Waals surface area contributed by atoms with Crippen molar-refractivity contribution in [3.63, 3.8) is 0 Å². The van der Waals surface area contributed by atoms with Crippen molar-refractivity contribution in [2.45, 2.75) is 17.5 Å². The van der Waals surface area contributed by atoms with E-state index in [1.165, 1.54) is 0 Å². The first-order valence-electron chi connectivity index (χ1n) is 12.8. The van der Waals surface area contributed by atoms with Gasteiger partial charge in [-0.2, -0.15) is 0 Å². The van der Waals surface area contributed by atoms with Crippen LogP contribution in [0.4, 0.5) is 5.69 Å². The van der Waals surface area contributed by atoms with Crippen LogP contribution in [0.2, 0.25) is 0 Å². The maximum absolute atomic E-state index is 15.0. The molecule has 0 bridgehead atoms. The number of benzene rings is 2. The van der Waals surface area contributed by atoms with E-state index in [9.17, 15) is 4.79 Å². The number of Topliss-reactive ketones (excluding diaryl/α,β-unsaturated/α-hetero) is 1. The number of amides is 1. The molecule has 4 aromatic rings. The first-order valence-corrected chi connectivity index (χ1v) is 12.8. The third-order valence-electron chi connectivity index (χ3n) is 8.35. The monoisotopic (exact) mass is 505 g/mol. The average Bonchev–Trinajstić information content (AvgIpc) is 3.72. The van der Waals surface area contributed by atoms with Crippen LogP contribution in [0, 0.1) is 5.41 Å². The number of para-hydroxylation sites is 1. The van der Waals surface area contributed by atoms with Crippen LogP contribution in [-0.2, 0) is 15.1 Å². The smallest absolute Gasteiger partial charge is 0.250 e. The summed E-state index contributed by atoms with van der Waals surface area (Å²) in [5, 5.41) is 6.84. The van der Waals surface area contributed by atoms with Gasteiger partial charge in [0.15, 0.2) is 5.78 Å². The summed E-state index contributed by atoms with van der Waals surface area (Å²) in [7, 11) is 1.99. The molecule has 3 aliphatic rings. The molecule has 2 N–H and O–H groups in total. The molecule has 2 saturated heterocycles. The van der Waals surface area contributed by atoms with Gasteiger partial charge in [-0.15, -0.1) is 0 Å². The Hall–Kier alpha value is -4.20. The summed E-state index contributed by atoms with van der Waals surface area (Å²) in [5.74, 6) is 0.499. The van der Waals surface area contributed by atoms with Crippen LogP contribution in [0.25, 0.3) is 6.08 Å². The van der Waals surface area contributed by atoms with E-state index in [0.717, 1.165) is 11.1 Å². The van der Waals surface area contributed by atoms with Crippen LogP contribution in [0.3, 0.4) is 0 Å². The Balaban J connectivity index is 1.55. The lowest BCUT2D eigenvalue weighted by atomic mass is 9.56. The number of piperidine rings is 1. The van der Waals surface area contributed by atoms with Crippen LogP contribution < -0.4 is 10.6 Å². The van der Waals surface area contributed by atoms with Crippen molar-refractivity contribution >= 4 is 23.5 Å². The van der Waals surface area contributed by atoms with E-state index in [1.54, 1.807) is 24.7 Å². The number of ketones is 1. The molecule has 2 aromatic heterocycles. The number of carbonyl (C=O) groups excluding carboxylic acids is 2. The molecular formula is C31H27N3O4. The number of nitrogens with one attached hydrogen (secondary N) is 2. The van der Waals surface area contributed by atoms with Crippen LogP contribution in [0.5, 0.6) is 0 Å². The van der Waals surface area contributed by atoms with E-state index < -0.39 is 16.9 Å². The Kier molecular flexibility index (Phi) is 5.08. The van der Waals surface area contributed by atoms with E-state index >= 15 is 4.79 Å². The van der Waals surface area contributed by atoms with Crippen molar-refractivity contribution in [2.75, 3.05) is 25.5 Å². The summed E-state index contributed by atoms with van der Waals surface area (Å²) in [6.07, 6.45) is 5.03. The molecule has 2 fully saturated rings. The van der Waals surface area contributed by atoms with Crippen molar-refractivity contribution in [1.82, 2.24) is 10.2 Å². The Morgan fingerprint density at radius 2 is 1.68 bits per heavy atom. The number of nitrogens with zero attached hydrogens (tertiary/aromatic N) is 1. The van der Waals surface area contributed by atoms with Crippen LogP contribution >= 0.6 is 0 Å². The molecule has 0 aliphatic carbocycles. The summed E-state index contributed by atoms with van der Waals surface area (Å²) < 4.78 is 11.7. The highest BCUT2D eigenvalue weighted by Crippen LogP contribution is 2.65. The van der Waals surface area contributed by atoms with Gasteiger partial charge in [-0.1, -0.05) is 48.5 Å². The minimum Gasteiger partial charge on any atom is -0.469 e. The highest BCUT2D eigenvalue weighted by atomic mass is 16.3. The molecule has 38 heavy (non-hydrogen) atoms. The van der Waals surface area contributed by atoms with E-state index in [4.69, 9.17) is 8.83 Å². The Morgan fingerprint density at radius 1 is 0.921 bits per heavy atom. The summed E-state index contributed by atoms with van der Waals surface area (Å²) >= 11 is 0. The van der Waals surface area contributed by atoms with Gasteiger partial charge in [-0.05, 0) is 49.0 Å². The van der Waals surface area contributed by atoms with E-state index in [0.29, 0.717) is 35.9 Å². The number of furan rings is 2. The molecule has 4 atom stereocenters. The quantitative estimate of drug-likeness (QED) is 0.392. The molecule has 5 heterocycles. The van der Waals surface area contributed by atoms with Crippen LogP contribution in [0.1, 0.15) is 34.6 Å². The molecule has 1 amide bonds. The first kappa shape index (κ1) is 23.0. The van der Waals surface area contributed by atoms with Gasteiger partial charge in [-0.25, -0.2) is 0 Å². The number of anilines is 1. The van der Waals surface area contributed by atoms with Crippen molar-refractivity contribution in [1.29, 1.82) is 0 Å². The molecule has 7 heteroatoms. The molecule has 0 radical (unpaired) electrons. The number of rotatable bonds is 3. The van der Waals surface area contributed by atoms with E-state index in [2.05, 4.69) is 15.5 Å². The third-order valence-corrected chi connectivity index (χ3v) is 8.35. The number of carbonyl (C=O) groups is 2. The first-order chi connectivity index (χ1) is 18.5. The zero-order valence-electron chi connectivity index (χ0n) is 20.9. The van der Waals surface area contributed by atoms with Crippen molar-refractivity contribution in [3.05, 3.63) is 120 Å². The molecule has 0 saturated carbocycles. The lowest BCUT2D eigenvalue weighted by Gasteiger charge is -2.48. The molecule has 190 valence electrons. The maximum atomic E-state index is 15.0. The number of likely N-dealkylation sites (N-methyl/N-ethyl adjacent to an activating group) is 1. The van der Waals surface area contributed by atoms with Crippen LogP contribution in [0.15, 0.2) is 106 Å². The fourth-order valence-electron chi connectivity index (χ4n) is 7.01. The number of fused-ring (bicyclic) bond motifs is 3. The van der Waals surface area contributed by atoms with Gasteiger partial charge in [-0.3, -0.25) is 14.9 Å². The van der Waals surface area contributed by atoms with E-state index in [-0.39, 0.29) is 17.7 Å². The Bertz CT molecular complexity index is 1540. The third kappa shape index (κ3) is 3.03. The van der Waals surface area contributed by atoms with Crippen LogP contribution in [-0.4, -0.2) is 36.7 Å². The maximum Gasteiger partial charge on any atom is 0.250 e. The van der Waals surface area contributed by atoms with Crippen molar-refractivity contribution in [3.8, 4) is 0 Å². The Labute approximate surface area is 220 Å². The summed E-state index contributed by atoms with van der Waals surface area (Å²) in [6.45, 7) is 0.812. The highest BCUT2D eigenvalue weighted by Gasteiger charge is 2.75. The SMILES string of the molecule is CN1C/C(=C\c2ccco2)C(=O)[C@]2(C1)[C@@H](c1ccco1)[C@H](c1ccccc1)N[C@@]21C(=O)Nc2ccccc21. The average molecular weight is 506 g/mol. The van der Waals surface area contributed by atoms with Gasteiger partial charge in [0.2, 0.25) is 0 Å². The van der Waals surface area contributed by atoms with Gasteiger partial charge in [0.05, 0.1) is 23.9 Å². The number of hydrogen-bond acceptors (Lipinski definition) is 6. The molecule has 2 spiro atoms. The van der Waals surface area contributed by atoms with Gasteiger partial charge in [0, 0.05) is 36.0 Å². The topological polar surface area (TPSA) is 87.7 Å². The summed E-state index contributed by atoms with van der Waals surface area (Å²) in [5.41, 5.74) is 0.537. The standard InChI is InChI=1S/C31H27N3O4/c1-34-18-21(17-22-11-7-15-37-22)28(35)30(19-34)26(25-14-8-16-38-25)27(20-9-3-2-4-10-20)33-31(30)23-12-5-6-13-24(23)32-29(31)36/h2-17,26-27,33H,18-19H2,1H3,(H,32,36)/b21-17+/t26-,27-,30-,31-/m0/s1. The van der Waals surface area contributed by atoms with Gasteiger partial charge < -0.3 is 19.1 Å². The highest BCUT2D eigenvalue weighted by molar-refractivity contribution is 6.15. The van der Waals surface area contributed by atoms with Crippen molar-refractivity contribution < 1.29 is 18.4 Å². The zero-order chi connectivity index (χ0) is 25.9. The second-order valence-electron chi connectivity index (χ2n) is 10.4. The lowest BCUT2D eigenvalue weighted by Crippen LogP contribution is -2.65. The minimum atomic E-state index is -1.32. The minimum absolute atomic E-state index is 0.0776. The number of likely N-dealkylation sites (tertiary alicyclic amines) is 1. The molecule has 7 nitrogen and oxygen atoms in total. The number of hydrogen-bond donors (Lipinski definition) is 2. The lowest BCUT2D eigenvalue weighted by molar-refractivity contribution is -0.141. The fraction of sp³-hybridized carbons (Fsp3) is 0.226. The predicted molar refractivity (Wildman–Crippen MR) is 142 cm³/mol. The normalized spacial score (nSPS) is 29.9. The van der Waals surface area contributed by atoms with Gasteiger partial charge in [0.25, 0.3) is 5.91 Å². The second kappa shape index (κ2) is 8.41. The van der Waals surface area contributed by atoms with Gasteiger partial charge in [0.1, 0.15) is 17.1 Å². The summed E-state index contributed by atoms with van der Waals surface area (Å²) in [4.78, 5) is 31.4. The molecule has 0 unspecified atom stereocenters. The van der Waals surface area contributed by atoms with Gasteiger partial charge >= 0.3 is 0 Å². The second-order valence-corrected chi connectivity index (χ2v) is 10.4.